The molecule has 1 aliphatic heterocycles. The molecule has 1 fully saturated rings. The van der Waals surface area contributed by atoms with Crippen LogP contribution in [0.4, 0.5) is 0 Å². The molecule has 356 valence electrons. The number of aliphatic hydroxyl groups excluding tert-OH is 1. The van der Waals surface area contributed by atoms with E-state index in [-0.39, 0.29) is 25.0 Å². The van der Waals surface area contributed by atoms with Crippen LogP contribution in [0.3, 0.4) is 0 Å². The zero-order chi connectivity index (χ0) is 45.6. The van der Waals surface area contributed by atoms with Gasteiger partial charge in [0.25, 0.3) is 0 Å². The molecule has 0 aromatic carbocycles. The number of hydrogen-bond donors (Lipinski definition) is 4. The minimum atomic E-state index is -4.88. The predicted molar refractivity (Wildman–Crippen MR) is 243 cm³/mol. The van der Waals surface area contributed by atoms with E-state index in [0.717, 1.165) is 70.6 Å². The normalized spacial score (nSPS) is 17.9. The zero-order valence-corrected chi connectivity index (χ0v) is 39.2. The van der Waals surface area contributed by atoms with Crippen LogP contribution in [0.1, 0.15) is 155 Å². The van der Waals surface area contributed by atoms with E-state index in [0.29, 0.717) is 19.3 Å². The highest BCUT2D eigenvalue weighted by Crippen LogP contribution is 2.44. The van der Waals surface area contributed by atoms with Gasteiger partial charge < -0.3 is 34.0 Å². The van der Waals surface area contributed by atoms with Crippen LogP contribution in [0, 0.1) is 0 Å². The van der Waals surface area contributed by atoms with E-state index in [4.69, 9.17) is 28.5 Å². The van der Waals surface area contributed by atoms with E-state index in [1.54, 1.807) is 0 Å². The number of phosphoric ester groups is 2. The lowest BCUT2D eigenvalue weighted by molar-refractivity contribution is -0.161. The smallest absolute Gasteiger partial charge is 0.462 e. The van der Waals surface area contributed by atoms with Crippen LogP contribution < -0.4 is 0 Å². The molecule has 3 unspecified atom stereocenters. The number of carbonyl (C=O) groups excluding carboxylic acids is 2. The third-order valence-electron chi connectivity index (χ3n) is 9.46. The van der Waals surface area contributed by atoms with Crippen molar-refractivity contribution in [3.8, 4) is 0 Å². The lowest BCUT2D eigenvalue weighted by atomic mass is 10.1. The second-order valence-electron chi connectivity index (χ2n) is 15.4. The summed E-state index contributed by atoms with van der Waals surface area (Å²) in [7, 11) is -9.71. The SMILES string of the molecule is CCCCC/C=C\C/C=C\C/C=C\CCCCCCC(=O)O[C@H](COC(=O)CCC/C=C\CC1OC1C/C=C\C/C=C\CCCCC)COP(=O)(O)OC[C@@H](O)COP(=O)(O)O. The van der Waals surface area contributed by atoms with Crippen LogP contribution in [0.15, 0.2) is 72.9 Å². The van der Waals surface area contributed by atoms with Gasteiger partial charge >= 0.3 is 27.6 Å². The Morgan fingerprint density at radius 2 is 1.00 bits per heavy atom. The largest absolute Gasteiger partial charge is 0.472 e. The van der Waals surface area contributed by atoms with E-state index in [9.17, 15) is 28.7 Å². The number of ether oxygens (including phenoxy) is 3. The number of unbranched alkanes of at least 4 members (excludes halogenated alkanes) is 11. The van der Waals surface area contributed by atoms with Crippen molar-refractivity contribution in [2.45, 2.75) is 180 Å². The first kappa shape index (κ1) is 57.5. The molecule has 5 atom stereocenters. The number of hydrogen-bond acceptors (Lipinski definition) is 11. The molecular weight excluding hydrogens is 838 g/mol. The Morgan fingerprint density at radius 1 is 0.548 bits per heavy atom. The molecular formula is C46H78O14P2. The van der Waals surface area contributed by atoms with Gasteiger partial charge in [0.05, 0.1) is 32.0 Å². The van der Waals surface area contributed by atoms with Gasteiger partial charge in [0, 0.05) is 12.8 Å². The second-order valence-corrected chi connectivity index (χ2v) is 18.0. The average Bonchev–Trinajstić information content (AvgIpc) is 3.99. The van der Waals surface area contributed by atoms with E-state index < -0.39 is 66.2 Å². The van der Waals surface area contributed by atoms with E-state index in [1.165, 1.54) is 38.5 Å². The van der Waals surface area contributed by atoms with E-state index in [2.05, 4.69) is 89.7 Å². The van der Waals surface area contributed by atoms with Crippen LogP contribution in [-0.4, -0.2) is 82.6 Å². The fraction of sp³-hybridized carbons (Fsp3) is 0.696. The fourth-order valence-electron chi connectivity index (χ4n) is 5.86. The van der Waals surface area contributed by atoms with Crippen molar-refractivity contribution in [1.29, 1.82) is 0 Å². The van der Waals surface area contributed by atoms with Gasteiger partial charge in [-0.05, 0) is 89.9 Å². The summed E-state index contributed by atoms with van der Waals surface area (Å²) in [4.78, 5) is 52.8. The number of rotatable bonds is 41. The number of aliphatic hydroxyl groups is 1. The average molecular weight is 917 g/mol. The Balaban J connectivity index is 2.42. The summed E-state index contributed by atoms with van der Waals surface area (Å²) in [6.07, 6.45) is 43.4. The monoisotopic (exact) mass is 916 g/mol. The molecule has 0 amide bonds. The molecule has 1 heterocycles. The van der Waals surface area contributed by atoms with Crippen LogP contribution in [0.5, 0.6) is 0 Å². The summed E-state index contributed by atoms with van der Waals surface area (Å²) >= 11 is 0. The summed E-state index contributed by atoms with van der Waals surface area (Å²) in [5.41, 5.74) is 0. The Morgan fingerprint density at radius 3 is 1.58 bits per heavy atom. The lowest BCUT2D eigenvalue weighted by Gasteiger charge is -2.20. The van der Waals surface area contributed by atoms with E-state index >= 15 is 0 Å². The lowest BCUT2D eigenvalue weighted by Crippen LogP contribution is -2.30. The summed E-state index contributed by atoms with van der Waals surface area (Å²) in [5.74, 6) is -1.14. The summed E-state index contributed by atoms with van der Waals surface area (Å²) in [6, 6.07) is 0. The number of epoxide rings is 1. The molecule has 1 rings (SSSR count). The van der Waals surface area contributed by atoms with Gasteiger partial charge in [-0.15, -0.1) is 0 Å². The molecule has 0 bridgehead atoms. The van der Waals surface area contributed by atoms with Crippen molar-refractivity contribution in [3.63, 3.8) is 0 Å². The standard InChI is InChI=1S/C46H78O14P2/c1-3-5-7-9-11-13-14-15-16-17-18-19-20-22-24-26-32-36-46(49)59-42(40-58-62(53,54)57-38-41(47)37-56-61(50,51)52)39-55-45(48)35-31-28-27-30-34-44-43(60-44)33-29-25-23-21-12-10-8-6-4-2/h11-13,15-16,18-19,21,25,27,29-30,41-44,47H,3-10,14,17,20,22-24,26,28,31-40H2,1-2H3,(H,53,54)(H2,50,51,52)/b13-11-,16-15-,19-18-,21-12-,29-25-,30-27-/t41-,42+,43?,44?/m0/s1. The minimum Gasteiger partial charge on any atom is -0.462 e. The highest BCUT2D eigenvalue weighted by molar-refractivity contribution is 7.47. The predicted octanol–water partition coefficient (Wildman–Crippen LogP) is 10.8. The summed E-state index contributed by atoms with van der Waals surface area (Å²) in [5, 5.41) is 9.76. The fourth-order valence-corrected chi connectivity index (χ4v) is 7.01. The molecule has 1 saturated heterocycles. The quantitative estimate of drug-likeness (QED) is 0.0148. The molecule has 62 heavy (non-hydrogen) atoms. The summed E-state index contributed by atoms with van der Waals surface area (Å²) < 4.78 is 53.5. The number of carbonyl (C=O) groups is 2. The minimum absolute atomic E-state index is 0.0870. The molecule has 14 nitrogen and oxygen atoms in total. The number of esters is 2. The van der Waals surface area contributed by atoms with Gasteiger partial charge in [0.15, 0.2) is 6.10 Å². The van der Waals surface area contributed by atoms with Crippen molar-refractivity contribution in [1.82, 2.24) is 0 Å². The van der Waals surface area contributed by atoms with Gasteiger partial charge in [0.1, 0.15) is 12.7 Å². The molecule has 0 aromatic heterocycles. The topological polar surface area (TPSA) is 208 Å². The summed E-state index contributed by atoms with van der Waals surface area (Å²) in [6.45, 7) is 1.59. The van der Waals surface area contributed by atoms with Gasteiger partial charge in [0.2, 0.25) is 0 Å². The first-order valence-corrected chi connectivity index (χ1v) is 25.8. The maximum absolute atomic E-state index is 12.7. The molecule has 0 radical (unpaired) electrons. The Kier molecular flexibility index (Phi) is 35.1. The van der Waals surface area contributed by atoms with Gasteiger partial charge in [-0.25, -0.2) is 9.13 Å². The van der Waals surface area contributed by atoms with Crippen LogP contribution in [0.2, 0.25) is 0 Å². The van der Waals surface area contributed by atoms with Crippen molar-refractivity contribution < 1.29 is 66.3 Å². The Labute approximate surface area is 371 Å². The Hall–Kier alpha value is -2.48. The molecule has 1 aliphatic rings. The Bertz CT molecular complexity index is 1440. The van der Waals surface area contributed by atoms with E-state index in [1.807, 2.05) is 6.08 Å². The second kappa shape index (κ2) is 37.9. The maximum atomic E-state index is 12.7. The molecule has 0 spiro atoms. The van der Waals surface area contributed by atoms with Gasteiger partial charge in [-0.3, -0.25) is 23.2 Å². The third kappa shape index (κ3) is 38.0. The third-order valence-corrected chi connectivity index (χ3v) is 10.9. The molecule has 16 heteroatoms. The van der Waals surface area contributed by atoms with Crippen molar-refractivity contribution in [2.24, 2.45) is 0 Å². The van der Waals surface area contributed by atoms with Gasteiger partial charge in [-0.2, -0.15) is 0 Å². The molecule has 0 aliphatic carbocycles. The number of allylic oxidation sites excluding steroid dienone is 10. The maximum Gasteiger partial charge on any atom is 0.472 e. The highest BCUT2D eigenvalue weighted by Gasteiger charge is 2.36. The van der Waals surface area contributed by atoms with Crippen molar-refractivity contribution >= 4 is 27.6 Å². The van der Waals surface area contributed by atoms with Crippen molar-refractivity contribution in [2.75, 3.05) is 26.4 Å². The van der Waals surface area contributed by atoms with Crippen LogP contribution in [0.25, 0.3) is 0 Å². The van der Waals surface area contributed by atoms with Crippen LogP contribution in [-0.2, 0) is 46.5 Å². The van der Waals surface area contributed by atoms with Gasteiger partial charge in [-0.1, -0.05) is 125 Å². The zero-order valence-electron chi connectivity index (χ0n) is 37.4. The molecule has 0 aromatic rings. The first-order valence-electron chi connectivity index (χ1n) is 22.8. The molecule has 4 N–H and O–H groups in total. The number of phosphoric acid groups is 2. The van der Waals surface area contributed by atoms with Crippen LogP contribution >= 0.6 is 15.6 Å². The highest BCUT2D eigenvalue weighted by atomic mass is 31.2. The first-order chi connectivity index (χ1) is 29.8. The van der Waals surface area contributed by atoms with Crippen molar-refractivity contribution in [3.05, 3.63) is 72.9 Å². The molecule has 0 saturated carbocycles.